The fraction of sp³-hybridized carbons (Fsp3) is 0.455. The zero-order valence-corrected chi connectivity index (χ0v) is 9.68. The average molecular weight is 237 g/mol. The molecule has 1 saturated heterocycles. The van der Waals surface area contributed by atoms with E-state index in [-0.39, 0.29) is 18.5 Å². The Bertz CT molecular complexity index is 402. The number of carbonyl (C=O) groups is 2. The van der Waals surface area contributed by atoms with Crippen LogP contribution in [-0.2, 0) is 11.3 Å². The molecule has 0 radical (unpaired) electrons. The summed E-state index contributed by atoms with van der Waals surface area (Å²) < 4.78 is 5.19. The maximum absolute atomic E-state index is 11.8. The fourth-order valence-electron chi connectivity index (χ4n) is 1.75. The molecule has 0 saturated carbocycles. The van der Waals surface area contributed by atoms with Gasteiger partial charge in [0.15, 0.2) is 0 Å². The second-order valence-corrected chi connectivity index (χ2v) is 4.03. The SMILES string of the molecule is CN(CC(=O)N1CCNC1=O)Cc1ccco1. The smallest absolute Gasteiger partial charge is 0.324 e. The Morgan fingerprint density at radius 2 is 2.47 bits per heavy atom. The molecule has 0 atom stereocenters. The van der Waals surface area contributed by atoms with Crippen LogP contribution in [0.25, 0.3) is 0 Å². The number of nitrogens with zero attached hydrogens (tertiary/aromatic N) is 2. The van der Waals surface area contributed by atoms with Crippen LogP contribution in [0.15, 0.2) is 22.8 Å². The molecule has 0 unspecified atom stereocenters. The summed E-state index contributed by atoms with van der Waals surface area (Å²) >= 11 is 0. The van der Waals surface area contributed by atoms with Gasteiger partial charge < -0.3 is 9.73 Å². The van der Waals surface area contributed by atoms with Crippen molar-refractivity contribution in [2.45, 2.75) is 6.54 Å². The molecule has 0 bridgehead atoms. The monoisotopic (exact) mass is 237 g/mol. The fourth-order valence-corrected chi connectivity index (χ4v) is 1.75. The first-order valence-electron chi connectivity index (χ1n) is 5.46. The van der Waals surface area contributed by atoms with E-state index in [1.807, 2.05) is 18.0 Å². The minimum absolute atomic E-state index is 0.186. The van der Waals surface area contributed by atoms with E-state index in [9.17, 15) is 9.59 Å². The molecule has 1 aromatic rings. The normalized spacial score (nSPS) is 15.4. The quantitative estimate of drug-likeness (QED) is 0.816. The Labute approximate surface area is 99.2 Å². The van der Waals surface area contributed by atoms with Gasteiger partial charge in [0.05, 0.1) is 19.4 Å². The molecular weight excluding hydrogens is 222 g/mol. The summed E-state index contributed by atoms with van der Waals surface area (Å²) in [6.07, 6.45) is 1.60. The molecular formula is C11H15N3O3. The first-order chi connectivity index (χ1) is 8.16. The maximum atomic E-state index is 11.8. The molecule has 1 aromatic heterocycles. The number of hydrogen-bond acceptors (Lipinski definition) is 4. The lowest BCUT2D eigenvalue weighted by atomic mass is 10.4. The largest absolute Gasteiger partial charge is 0.468 e. The Kier molecular flexibility index (Phi) is 3.43. The Balaban J connectivity index is 1.84. The van der Waals surface area contributed by atoms with E-state index in [0.29, 0.717) is 19.6 Å². The van der Waals surface area contributed by atoms with Crippen LogP contribution in [0.3, 0.4) is 0 Å². The number of hydrogen-bond donors (Lipinski definition) is 1. The van der Waals surface area contributed by atoms with Crippen LogP contribution in [0.5, 0.6) is 0 Å². The summed E-state index contributed by atoms with van der Waals surface area (Å²) in [6.45, 7) is 1.74. The first-order valence-corrected chi connectivity index (χ1v) is 5.46. The Morgan fingerprint density at radius 1 is 1.65 bits per heavy atom. The summed E-state index contributed by atoms with van der Waals surface area (Å²) in [5, 5.41) is 2.60. The van der Waals surface area contributed by atoms with Gasteiger partial charge in [0.1, 0.15) is 5.76 Å². The Hall–Kier alpha value is -1.82. The van der Waals surface area contributed by atoms with Gasteiger partial charge in [-0.2, -0.15) is 0 Å². The summed E-state index contributed by atoms with van der Waals surface area (Å²) in [5.41, 5.74) is 0. The number of imide groups is 1. The minimum atomic E-state index is -0.304. The van der Waals surface area contributed by atoms with Crippen molar-refractivity contribution in [3.63, 3.8) is 0 Å². The van der Waals surface area contributed by atoms with Gasteiger partial charge in [-0.1, -0.05) is 0 Å². The van der Waals surface area contributed by atoms with Crippen molar-refractivity contribution in [3.05, 3.63) is 24.2 Å². The number of amides is 3. The number of carbonyl (C=O) groups excluding carboxylic acids is 2. The number of nitrogens with one attached hydrogen (secondary N) is 1. The summed E-state index contributed by atoms with van der Waals surface area (Å²) in [6, 6.07) is 3.35. The van der Waals surface area contributed by atoms with Crippen molar-refractivity contribution in [1.82, 2.24) is 15.1 Å². The zero-order chi connectivity index (χ0) is 12.3. The summed E-state index contributed by atoms with van der Waals surface area (Å²) in [7, 11) is 1.81. The summed E-state index contributed by atoms with van der Waals surface area (Å²) in [4.78, 5) is 26.1. The lowest BCUT2D eigenvalue weighted by Gasteiger charge is -2.18. The first kappa shape index (κ1) is 11.7. The van der Waals surface area contributed by atoms with Crippen molar-refractivity contribution < 1.29 is 14.0 Å². The van der Waals surface area contributed by atoms with Crippen LogP contribution in [0.1, 0.15) is 5.76 Å². The number of rotatable bonds is 4. The van der Waals surface area contributed by atoms with Crippen molar-refractivity contribution in [2.75, 3.05) is 26.7 Å². The van der Waals surface area contributed by atoms with Crippen molar-refractivity contribution in [2.24, 2.45) is 0 Å². The minimum Gasteiger partial charge on any atom is -0.468 e. The standard InChI is InChI=1S/C11H15N3O3/c1-13(7-9-3-2-6-17-9)8-10(15)14-5-4-12-11(14)16/h2-3,6H,4-5,7-8H2,1H3,(H,12,16). The molecule has 1 aliphatic rings. The van der Waals surface area contributed by atoms with Crippen molar-refractivity contribution in [1.29, 1.82) is 0 Å². The second kappa shape index (κ2) is 5.01. The molecule has 6 heteroatoms. The molecule has 92 valence electrons. The van der Waals surface area contributed by atoms with Gasteiger partial charge >= 0.3 is 6.03 Å². The third kappa shape index (κ3) is 2.85. The van der Waals surface area contributed by atoms with E-state index >= 15 is 0 Å². The molecule has 6 nitrogen and oxygen atoms in total. The van der Waals surface area contributed by atoms with Gasteiger partial charge in [-0.25, -0.2) is 4.79 Å². The maximum Gasteiger partial charge on any atom is 0.324 e. The van der Waals surface area contributed by atoms with Gasteiger partial charge in [-0.3, -0.25) is 14.6 Å². The van der Waals surface area contributed by atoms with Crippen LogP contribution >= 0.6 is 0 Å². The highest BCUT2D eigenvalue weighted by Gasteiger charge is 2.26. The molecule has 3 amide bonds. The zero-order valence-electron chi connectivity index (χ0n) is 9.68. The van der Waals surface area contributed by atoms with Gasteiger partial charge in [0, 0.05) is 13.1 Å². The molecule has 1 aliphatic heterocycles. The number of furan rings is 1. The van der Waals surface area contributed by atoms with E-state index in [0.717, 1.165) is 5.76 Å². The number of urea groups is 1. The van der Waals surface area contributed by atoms with Gasteiger partial charge in [-0.15, -0.1) is 0 Å². The predicted molar refractivity (Wildman–Crippen MR) is 60.2 cm³/mol. The van der Waals surface area contributed by atoms with Crippen molar-refractivity contribution in [3.8, 4) is 0 Å². The highest BCUT2D eigenvalue weighted by Crippen LogP contribution is 2.05. The van der Waals surface area contributed by atoms with E-state index in [1.54, 1.807) is 12.3 Å². The van der Waals surface area contributed by atoms with Gasteiger partial charge in [-0.05, 0) is 19.2 Å². The van der Waals surface area contributed by atoms with Crippen LogP contribution in [0.4, 0.5) is 4.79 Å². The molecule has 0 aromatic carbocycles. The van der Waals surface area contributed by atoms with Gasteiger partial charge in [0.25, 0.3) is 0 Å². The summed E-state index contributed by atoms with van der Waals surface area (Å²) in [5.74, 6) is 0.611. The molecule has 2 rings (SSSR count). The topological polar surface area (TPSA) is 65.8 Å². The average Bonchev–Trinajstić information content (AvgIpc) is 2.88. The van der Waals surface area contributed by atoms with Gasteiger partial charge in [0.2, 0.25) is 5.91 Å². The van der Waals surface area contributed by atoms with E-state index in [4.69, 9.17) is 4.42 Å². The number of likely N-dealkylation sites (N-methyl/N-ethyl adjacent to an activating group) is 1. The third-order valence-corrected chi connectivity index (χ3v) is 2.57. The van der Waals surface area contributed by atoms with Crippen LogP contribution in [0, 0.1) is 0 Å². The van der Waals surface area contributed by atoms with Crippen LogP contribution in [-0.4, -0.2) is 48.4 Å². The Morgan fingerprint density at radius 3 is 3.06 bits per heavy atom. The van der Waals surface area contributed by atoms with Crippen LogP contribution < -0.4 is 5.32 Å². The van der Waals surface area contributed by atoms with E-state index < -0.39 is 0 Å². The molecule has 2 heterocycles. The molecule has 0 spiro atoms. The molecule has 1 fully saturated rings. The van der Waals surface area contributed by atoms with E-state index in [2.05, 4.69) is 5.32 Å². The lowest BCUT2D eigenvalue weighted by Crippen LogP contribution is -2.40. The highest BCUT2D eigenvalue weighted by atomic mass is 16.3. The lowest BCUT2D eigenvalue weighted by molar-refractivity contribution is -0.128. The molecule has 1 N–H and O–H groups in total. The highest BCUT2D eigenvalue weighted by molar-refractivity contribution is 5.96. The third-order valence-electron chi connectivity index (χ3n) is 2.57. The van der Waals surface area contributed by atoms with Crippen LogP contribution in [0.2, 0.25) is 0 Å². The van der Waals surface area contributed by atoms with Crippen molar-refractivity contribution >= 4 is 11.9 Å². The molecule has 0 aliphatic carbocycles. The molecule has 17 heavy (non-hydrogen) atoms. The second-order valence-electron chi connectivity index (χ2n) is 4.03. The van der Waals surface area contributed by atoms with E-state index in [1.165, 1.54) is 4.90 Å². The predicted octanol–water partition coefficient (Wildman–Crippen LogP) is 0.263.